The van der Waals surface area contributed by atoms with Crippen LogP contribution < -0.4 is 5.73 Å². The van der Waals surface area contributed by atoms with Crippen LogP contribution in [0, 0.1) is 0 Å². The van der Waals surface area contributed by atoms with Gasteiger partial charge >= 0.3 is 0 Å². The fourth-order valence-electron chi connectivity index (χ4n) is 4.08. The van der Waals surface area contributed by atoms with Gasteiger partial charge in [0.25, 0.3) is 0 Å². The van der Waals surface area contributed by atoms with E-state index in [4.69, 9.17) is 5.73 Å². The standard InChI is InChI=1S/C22H17N/c1-2-13-12-19-17-9-4-7-14-6-3-8-15(20(14)17)16-10-5-11-18(21(16)19)22(13)23/h3-12H,2,23H2,1H3. The lowest BCUT2D eigenvalue weighted by molar-refractivity contribution is 1.15. The molecule has 0 aliphatic carbocycles. The number of aryl methyl sites for hydroxylation is 1. The van der Waals surface area contributed by atoms with Crippen LogP contribution in [0.25, 0.3) is 43.1 Å². The second-order valence-electron chi connectivity index (χ2n) is 6.29. The Balaban J connectivity index is 2.24. The van der Waals surface area contributed by atoms with Crippen molar-refractivity contribution in [1.82, 2.24) is 0 Å². The lowest BCUT2D eigenvalue weighted by Gasteiger charge is -2.17. The minimum atomic E-state index is 0.930. The molecule has 0 saturated heterocycles. The molecular weight excluding hydrogens is 278 g/mol. The molecule has 2 N–H and O–H groups in total. The maximum Gasteiger partial charge on any atom is 0.0426 e. The van der Waals surface area contributed by atoms with E-state index in [9.17, 15) is 0 Å². The van der Waals surface area contributed by atoms with Crippen LogP contribution in [0.15, 0.2) is 60.7 Å². The van der Waals surface area contributed by atoms with Crippen LogP contribution in [-0.2, 0) is 6.42 Å². The molecule has 0 amide bonds. The summed E-state index contributed by atoms with van der Waals surface area (Å²) in [5.74, 6) is 0. The highest BCUT2D eigenvalue weighted by Crippen LogP contribution is 2.42. The van der Waals surface area contributed by atoms with Gasteiger partial charge in [0.2, 0.25) is 0 Å². The fourth-order valence-corrected chi connectivity index (χ4v) is 4.08. The van der Waals surface area contributed by atoms with E-state index >= 15 is 0 Å². The Morgan fingerprint density at radius 3 is 1.96 bits per heavy atom. The molecule has 0 radical (unpaired) electrons. The van der Waals surface area contributed by atoms with E-state index in [-0.39, 0.29) is 0 Å². The van der Waals surface area contributed by atoms with Crippen LogP contribution in [0.4, 0.5) is 5.69 Å². The summed E-state index contributed by atoms with van der Waals surface area (Å²) < 4.78 is 0. The largest absolute Gasteiger partial charge is 0.398 e. The Labute approximate surface area is 134 Å². The van der Waals surface area contributed by atoms with Crippen molar-refractivity contribution in [2.24, 2.45) is 0 Å². The summed E-state index contributed by atoms with van der Waals surface area (Å²) in [6, 6.07) is 22.0. The van der Waals surface area contributed by atoms with Crippen molar-refractivity contribution < 1.29 is 0 Å². The van der Waals surface area contributed by atoms with Crippen LogP contribution in [0.2, 0.25) is 0 Å². The van der Waals surface area contributed by atoms with E-state index < -0.39 is 0 Å². The Bertz CT molecular complexity index is 1200. The monoisotopic (exact) mass is 295 g/mol. The van der Waals surface area contributed by atoms with Crippen LogP contribution >= 0.6 is 0 Å². The van der Waals surface area contributed by atoms with Gasteiger partial charge in [-0.25, -0.2) is 0 Å². The summed E-state index contributed by atoms with van der Waals surface area (Å²) in [5.41, 5.74) is 8.63. The third-order valence-corrected chi connectivity index (χ3v) is 5.15. The van der Waals surface area contributed by atoms with Crippen LogP contribution in [0.3, 0.4) is 0 Å². The van der Waals surface area contributed by atoms with Gasteiger partial charge in [0.15, 0.2) is 0 Å². The second kappa shape index (κ2) is 4.36. The number of rotatable bonds is 1. The average molecular weight is 295 g/mol. The highest BCUT2D eigenvalue weighted by Gasteiger charge is 2.15. The van der Waals surface area contributed by atoms with E-state index in [1.165, 1.54) is 48.7 Å². The number of nitrogen functional groups attached to an aromatic ring is 1. The first-order valence-electron chi connectivity index (χ1n) is 8.16. The predicted molar refractivity (Wildman–Crippen MR) is 101 cm³/mol. The molecule has 110 valence electrons. The molecule has 0 aromatic heterocycles. The molecule has 0 atom stereocenters. The van der Waals surface area contributed by atoms with E-state index in [0.29, 0.717) is 0 Å². The number of fused-ring (bicyclic) bond motifs is 2. The molecule has 0 bridgehead atoms. The Kier molecular flexibility index (Phi) is 2.41. The molecule has 1 heteroatoms. The van der Waals surface area contributed by atoms with Crippen LogP contribution in [0.5, 0.6) is 0 Å². The van der Waals surface area contributed by atoms with Crippen molar-refractivity contribution >= 4 is 48.8 Å². The Hall–Kier alpha value is -2.80. The quantitative estimate of drug-likeness (QED) is 0.233. The summed E-state index contributed by atoms with van der Waals surface area (Å²) in [6.07, 6.45) is 0.955. The van der Waals surface area contributed by atoms with E-state index in [1.54, 1.807) is 0 Å². The van der Waals surface area contributed by atoms with Crippen molar-refractivity contribution in [3.63, 3.8) is 0 Å². The summed E-state index contributed by atoms with van der Waals surface area (Å²) in [4.78, 5) is 0. The van der Waals surface area contributed by atoms with E-state index in [1.807, 2.05) is 0 Å². The van der Waals surface area contributed by atoms with Crippen molar-refractivity contribution in [3.05, 3.63) is 66.2 Å². The van der Waals surface area contributed by atoms with Gasteiger partial charge in [-0.1, -0.05) is 61.5 Å². The molecule has 0 fully saturated rings. The van der Waals surface area contributed by atoms with Gasteiger partial charge in [-0.3, -0.25) is 0 Å². The lowest BCUT2D eigenvalue weighted by atomic mass is 9.88. The zero-order valence-electron chi connectivity index (χ0n) is 13.1. The first-order valence-corrected chi connectivity index (χ1v) is 8.16. The average Bonchev–Trinajstić information content (AvgIpc) is 2.60. The third kappa shape index (κ3) is 1.52. The zero-order valence-corrected chi connectivity index (χ0v) is 13.1. The molecule has 1 nitrogen and oxygen atoms in total. The molecular formula is C22H17N. The predicted octanol–water partition coefficient (Wildman–Crippen LogP) is 5.88. The van der Waals surface area contributed by atoms with Crippen molar-refractivity contribution in [2.75, 3.05) is 5.73 Å². The van der Waals surface area contributed by atoms with Gasteiger partial charge in [0.1, 0.15) is 0 Å². The Morgan fingerprint density at radius 2 is 1.26 bits per heavy atom. The van der Waals surface area contributed by atoms with Crippen molar-refractivity contribution in [2.45, 2.75) is 13.3 Å². The third-order valence-electron chi connectivity index (χ3n) is 5.15. The number of nitrogens with two attached hydrogens (primary N) is 1. The molecule has 0 unspecified atom stereocenters. The number of anilines is 1. The highest BCUT2D eigenvalue weighted by molar-refractivity contribution is 6.34. The minimum Gasteiger partial charge on any atom is -0.398 e. The molecule has 0 aliphatic rings. The summed E-state index contributed by atoms with van der Waals surface area (Å²) in [7, 11) is 0. The molecule has 5 aromatic carbocycles. The lowest BCUT2D eigenvalue weighted by Crippen LogP contribution is -1.96. The molecule has 5 aromatic rings. The van der Waals surface area contributed by atoms with Gasteiger partial charge in [-0.2, -0.15) is 0 Å². The van der Waals surface area contributed by atoms with Crippen molar-refractivity contribution in [3.8, 4) is 0 Å². The van der Waals surface area contributed by atoms with Gasteiger partial charge in [0, 0.05) is 11.1 Å². The topological polar surface area (TPSA) is 26.0 Å². The summed E-state index contributed by atoms with van der Waals surface area (Å²) in [5, 5.41) is 10.4. The fraction of sp³-hybridized carbons (Fsp3) is 0.0909. The van der Waals surface area contributed by atoms with Gasteiger partial charge in [-0.05, 0) is 55.8 Å². The van der Waals surface area contributed by atoms with Crippen LogP contribution in [0.1, 0.15) is 12.5 Å². The SMILES string of the molecule is CCc1cc2c3cccc4cccc(c5cccc(c1N)c52)c43. The molecule has 0 saturated carbocycles. The van der Waals surface area contributed by atoms with E-state index in [2.05, 4.69) is 67.6 Å². The normalized spacial score (nSPS) is 12.0. The summed E-state index contributed by atoms with van der Waals surface area (Å²) >= 11 is 0. The van der Waals surface area contributed by atoms with Gasteiger partial charge in [0.05, 0.1) is 0 Å². The highest BCUT2D eigenvalue weighted by atomic mass is 14.6. The molecule has 5 rings (SSSR count). The molecule has 0 aliphatic heterocycles. The number of hydrogen-bond donors (Lipinski definition) is 1. The number of benzene rings is 5. The Morgan fingerprint density at radius 1 is 0.696 bits per heavy atom. The molecule has 0 spiro atoms. The first-order chi connectivity index (χ1) is 11.3. The van der Waals surface area contributed by atoms with Crippen LogP contribution in [-0.4, -0.2) is 0 Å². The summed E-state index contributed by atoms with van der Waals surface area (Å²) in [6.45, 7) is 2.17. The smallest absolute Gasteiger partial charge is 0.0426 e. The molecule has 23 heavy (non-hydrogen) atoms. The van der Waals surface area contributed by atoms with Crippen molar-refractivity contribution in [1.29, 1.82) is 0 Å². The maximum atomic E-state index is 6.46. The molecule has 0 heterocycles. The van der Waals surface area contributed by atoms with E-state index in [0.717, 1.165) is 12.1 Å². The number of hydrogen-bond acceptors (Lipinski definition) is 1. The second-order valence-corrected chi connectivity index (χ2v) is 6.29. The maximum absolute atomic E-state index is 6.46. The minimum absolute atomic E-state index is 0.930. The first kappa shape index (κ1) is 12.7. The zero-order chi connectivity index (χ0) is 15.6. The van der Waals surface area contributed by atoms with Gasteiger partial charge < -0.3 is 5.73 Å². The van der Waals surface area contributed by atoms with Gasteiger partial charge in [-0.15, -0.1) is 0 Å².